The van der Waals surface area contributed by atoms with Crippen LogP contribution in [0.2, 0.25) is 0 Å². The van der Waals surface area contributed by atoms with Gasteiger partial charge in [0.05, 0.1) is 26.4 Å². The Labute approximate surface area is 193 Å². The Morgan fingerprint density at radius 3 is 1.59 bits per heavy atom. The third-order valence-electron chi connectivity index (χ3n) is 5.70. The minimum atomic E-state index is -1.95. The van der Waals surface area contributed by atoms with Gasteiger partial charge in [-0.05, 0) is 0 Å². The zero-order chi connectivity index (χ0) is 25.7. The third kappa shape index (κ3) is 6.77. The van der Waals surface area contributed by atoms with E-state index >= 15 is 0 Å². The summed E-state index contributed by atoms with van der Waals surface area (Å²) in [7, 11) is 0. The first-order chi connectivity index (χ1) is 15.9. The van der Waals surface area contributed by atoms with Crippen LogP contribution in [0.1, 0.15) is 0 Å². The van der Waals surface area contributed by atoms with E-state index in [2.05, 4.69) is 0 Å². The lowest BCUT2D eigenvalue weighted by atomic mass is 9.98. The molecule has 34 heavy (non-hydrogen) atoms. The van der Waals surface area contributed by atoms with E-state index in [0.717, 1.165) is 0 Å². The highest BCUT2D eigenvalue weighted by Gasteiger charge is 2.47. The normalized spacial score (nSPS) is 42.7. The van der Waals surface area contributed by atoms with Crippen molar-refractivity contribution in [2.75, 3.05) is 26.4 Å². The molecule has 0 saturated carbocycles. The van der Waals surface area contributed by atoms with Crippen molar-refractivity contribution in [2.24, 2.45) is 0 Å². The lowest BCUT2D eigenvalue weighted by Gasteiger charge is -2.42. The molecule has 2 aliphatic heterocycles. The molecule has 0 amide bonds. The molecule has 2 heterocycles. The second kappa shape index (κ2) is 13.1. The van der Waals surface area contributed by atoms with E-state index in [0.29, 0.717) is 0 Å². The molecule has 2 fully saturated rings. The molecule has 2 aliphatic rings. The van der Waals surface area contributed by atoms with Crippen molar-refractivity contribution in [2.45, 2.75) is 85.8 Å². The number of aliphatic hydroxyl groups is 12. The van der Waals surface area contributed by atoms with Gasteiger partial charge in [0.15, 0.2) is 12.6 Å². The molecule has 202 valence electrons. The summed E-state index contributed by atoms with van der Waals surface area (Å²) in [6.07, 6.45) is -23.8. The summed E-state index contributed by atoms with van der Waals surface area (Å²) in [4.78, 5) is 0. The van der Waals surface area contributed by atoms with Crippen LogP contribution in [0, 0.1) is 0 Å². The number of hydrogen-bond acceptors (Lipinski definition) is 16. The van der Waals surface area contributed by atoms with Gasteiger partial charge in [0.2, 0.25) is 0 Å². The average molecular weight is 506 g/mol. The first-order valence-corrected chi connectivity index (χ1v) is 10.5. The molecule has 0 aromatic carbocycles. The summed E-state index contributed by atoms with van der Waals surface area (Å²) in [6, 6.07) is 0. The predicted molar refractivity (Wildman–Crippen MR) is 103 cm³/mol. The standard InChI is InChI=1S/C18H34O16/c19-1-5(21)9(23)10(24)6(22)3-31-17-16(30)14(28)12(26)8(34-17)4-32-18-15(29)13(27)11(25)7(2-20)33-18/h5-30H,1-4H2/t5-,6+,7+,8+,9+,10+,11+,12+,13-,14-,15+,16+,17+,18+/m0/s1. The lowest BCUT2D eigenvalue weighted by molar-refractivity contribution is -0.333. The Morgan fingerprint density at radius 2 is 1.06 bits per heavy atom. The lowest BCUT2D eigenvalue weighted by Crippen LogP contribution is -2.62. The van der Waals surface area contributed by atoms with Crippen molar-refractivity contribution in [1.29, 1.82) is 0 Å². The highest BCUT2D eigenvalue weighted by Crippen LogP contribution is 2.26. The van der Waals surface area contributed by atoms with Crippen LogP contribution in [0.4, 0.5) is 0 Å². The Bertz CT molecular complexity index is 596. The van der Waals surface area contributed by atoms with E-state index in [1.807, 2.05) is 0 Å². The molecular weight excluding hydrogens is 472 g/mol. The van der Waals surface area contributed by atoms with Crippen molar-refractivity contribution in [3.05, 3.63) is 0 Å². The molecule has 12 N–H and O–H groups in total. The maximum Gasteiger partial charge on any atom is 0.186 e. The molecule has 0 aromatic heterocycles. The minimum Gasteiger partial charge on any atom is -0.394 e. The van der Waals surface area contributed by atoms with Crippen molar-refractivity contribution < 1.29 is 80.2 Å². The first-order valence-electron chi connectivity index (χ1n) is 10.5. The summed E-state index contributed by atoms with van der Waals surface area (Å²) in [5.74, 6) is 0. The summed E-state index contributed by atoms with van der Waals surface area (Å²) >= 11 is 0. The fourth-order valence-corrected chi connectivity index (χ4v) is 3.44. The molecule has 14 atom stereocenters. The molecule has 16 heteroatoms. The van der Waals surface area contributed by atoms with E-state index in [1.165, 1.54) is 0 Å². The van der Waals surface area contributed by atoms with Gasteiger partial charge in [-0.25, -0.2) is 0 Å². The Kier molecular flexibility index (Phi) is 11.4. The molecule has 16 nitrogen and oxygen atoms in total. The van der Waals surface area contributed by atoms with Crippen LogP contribution in [0.5, 0.6) is 0 Å². The Morgan fingerprint density at radius 1 is 0.588 bits per heavy atom. The van der Waals surface area contributed by atoms with Crippen LogP contribution in [-0.2, 0) is 18.9 Å². The fraction of sp³-hybridized carbons (Fsp3) is 1.00. The van der Waals surface area contributed by atoms with Gasteiger partial charge in [-0.3, -0.25) is 0 Å². The largest absolute Gasteiger partial charge is 0.394 e. The van der Waals surface area contributed by atoms with Gasteiger partial charge in [0.25, 0.3) is 0 Å². The van der Waals surface area contributed by atoms with Gasteiger partial charge in [0, 0.05) is 0 Å². The second-order valence-corrected chi connectivity index (χ2v) is 8.18. The molecule has 0 spiro atoms. The van der Waals surface area contributed by atoms with E-state index < -0.39 is 112 Å². The minimum absolute atomic E-state index is 0.597. The van der Waals surface area contributed by atoms with Gasteiger partial charge in [-0.2, -0.15) is 0 Å². The topological polar surface area (TPSA) is 280 Å². The van der Waals surface area contributed by atoms with Crippen LogP contribution in [0.3, 0.4) is 0 Å². The van der Waals surface area contributed by atoms with Crippen molar-refractivity contribution >= 4 is 0 Å². The van der Waals surface area contributed by atoms with Crippen LogP contribution in [-0.4, -0.2) is 174 Å². The molecule has 2 saturated heterocycles. The van der Waals surface area contributed by atoms with Crippen molar-refractivity contribution in [3.8, 4) is 0 Å². The SMILES string of the molecule is OC[C@H](O)[C@@H](O)[C@H](O)[C@H](O)CO[C@@H]1O[C@H](CO[C@@H]2O[C@H](CO)[C@@H](O)[C@H](O)[C@H]2O)[C@@H](O)[C@H](O)[C@H]1O. The highest BCUT2D eigenvalue weighted by atomic mass is 16.7. The van der Waals surface area contributed by atoms with Crippen LogP contribution >= 0.6 is 0 Å². The van der Waals surface area contributed by atoms with Gasteiger partial charge in [0.1, 0.15) is 73.2 Å². The van der Waals surface area contributed by atoms with E-state index in [4.69, 9.17) is 24.1 Å². The Hall–Kier alpha value is -0.640. The summed E-state index contributed by atoms with van der Waals surface area (Å²) in [5.41, 5.74) is 0. The van der Waals surface area contributed by atoms with Crippen LogP contribution in [0.25, 0.3) is 0 Å². The summed E-state index contributed by atoms with van der Waals surface area (Å²) in [5, 5.41) is 117. The smallest absolute Gasteiger partial charge is 0.186 e. The summed E-state index contributed by atoms with van der Waals surface area (Å²) < 4.78 is 20.8. The highest BCUT2D eigenvalue weighted by molar-refractivity contribution is 4.92. The molecule has 0 bridgehead atoms. The molecule has 2 rings (SSSR count). The van der Waals surface area contributed by atoms with Gasteiger partial charge in [-0.1, -0.05) is 0 Å². The molecular formula is C18H34O16. The second-order valence-electron chi connectivity index (χ2n) is 8.18. The number of ether oxygens (including phenoxy) is 4. The molecule has 0 aromatic rings. The Balaban J connectivity index is 1.95. The maximum absolute atomic E-state index is 10.2. The molecule has 0 radical (unpaired) electrons. The third-order valence-corrected chi connectivity index (χ3v) is 5.70. The van der Waals surface area contributed by atoms with E-state index in [-0.39, 0.29) is 0 Å². The zero-order valence-corrected chi connectivity index (χ0v) is 17.9. The van der Waals surface area contributed by atoms with Gasteiger partial charge >= 0.3 is 0 Å². The van der Waals surface area contributed by atoms with Crippen LogP contribution < -0.4 is 0 Å². The summed E-state index contributed by atoms with van der Waals surface area (Å²) in [6.45, 7) is -2.97. The van der Waals surface area contributed by atoms with Gasteiger partial charge < -0.3 is 80.2 Å². The molecule has 0 aliphatic carbocycles. The monoisotopic (exact) mass is 506 g/mol. The van der Waals surface area contributed by atoms with Crippen molar-refractivity contribution in [3.63, 3.8) is 0 Å². The van der Waals surface area contributed by atoms with E-state index in [1.54, 1.807) is 0 Å². The average Bonchev–Trinajstić information content (AvgIpc) is 2.84. The van der Waals surface area contributed by atoms with Crippen LogP contribution in [0.15, 0.2) is 0 Å². The zero-order valence-electron chi connectivity index (χ0n) is 17.9. The number of aliphatic hydroxyl groups excluding tert-OH is 12. The predicted octanol–water partition coefficient (Wildman–Crippen LogP) is -7.94. The van der Waals surface area contributed by atoms with E-state index in [9.17, 15) is 56.2 Å². The van der Waals surface area contributed by atoms with Gasteiger partial charge in [-0.15, -0.1) is 0 Å². The number of hydrogen-bond donors (Lipinski definition) is 12. The fourth-order valence-electron chi connectivity index (χ4n) is 3.44. The maximum atomic E-state index is 10.2. The number of rotatable bonds is 11. The first kappa shape index (κ1) is 29.6. The molecule has 0 unspecified atom stereocenters. The quantitative estimate of drug-likeness (QED) is 0.124. The van der Waals surface area contributed by atoms with Crippen molar-refractivity contribution in [1.82, 2.24) is 0 Å².